The third-order valence-corrected chi connectivity index (χ3v) is 3.52. The number of carbonyl (C=O) groups excluding carboxylic acids is 1. The number of benzene rings is 3. The molecule has 0 saturated heterocycles. The number of hydrogen-bond acceptors (Lipinski definition) is 2. The number of carbonyl (C=O) groups is 1. The summed E-state index contributed by atoms with van der Waals surface area (Å²) in [6.07, 6.45) is 0. The Balaban J connectivity index is 1.94. The van der Waals surface area contributed by atoms with Gasteiger partial charge in [0.15, 0.2) is 0 Å². The Morgan fingerprint density at radius 2 is 1.67 bits per heavy atom. The van der Waals surface area contributed by atoms with Crippen molar-refractivity contribution in [1.82, 2.24) is 0 Å². The summed E-state index contributed by atoms with van der Waals surface area (Å²) >= 11 is 0. The molecule has 0 heterocycles. The van der Waals surface area contributed by atoms with E-state index in [-0.39, 0.29) is 5.91 Å². The fraction of sp³-hybridized carbons (Fsp3) is 0.0556. The predicted octanol–water partition coefficient (Wildman–Crippen LogP) is 3.98. The number of nitrogens with two attached hydrogens (primary N) is 1. The number of anilines is 2. The second-order valence-corrected chi connectivity index (χ2v) is 5.07. The van der Waals surface area contributed by atoms with Crippen molar-refractivity contribution in [3.8, 4) is 0 Å². The van der Waals surface area contributed by atoms with Crippen LogP contribution in [0.1, 0.15) is 15.9 Å². The molecule has 3 rings (SSSR count). The maximum Gasteiger partial charge on any atom is 0.257 e. The van der Waals surface area contributed by atoms with E-state index in [2.05, 4.69) is 5.32 Å². The number of aryl methyl sites for hydroxylation is 1. The van der Waals surface area contributed by atoms with Gasteiger partial charge in [-0.1, -0.05) is 48.0 Å². The topological polar surface area (TPSA) is 55.1 Å². The summed E-state index contributed by atoms with van der Waals surface area (Å²) in [5.41, 5.74) is 9.06. The maximum absolute atomic E-state index is 12.4. The maximum atomic E-state index is 12.4. The standard InChI is InChI=1S/C18H16N2O/c1-12-6-9-14(10-7-12)20-18(21)16-11-8-13-4-2-3-5-15(13)17(16)19/h2-11H,19H2,1H3,(H,20,21). The summed E-state index contributed by atoms with van der Waals surface area (Å²) in [6.45, 7) is 2.01. The van der Waals surface area contributed by atoms with Gasteiger partial charge in [-0.15, -0.1) is 0 Å². The van der Waals surface area contributed by atoms with E-state index < -0.39 is 0 Å². The van der Waals surface area contributed by atoms with Crippen molar-refractivity contribution in [1.29, 1.82) is 0 Å². The van der Waals surface area contributed by atoms with E-state index >= 15 is 0 Å². The molecule has 3 heteroatoms. The quantitative estimate of drug-likeness (QED) is 0.695. The highest BCUT2D eigenvalue weighted by molar-refractivity contribution is 6.12. The third kappa shape index (κ3) is 2.58. The fourth-order valence-corrected chi connectivity index (χ4v) is 2.33. The highest BCUT2D eigenvalue weighted by atomic mass is 16.1. The van der Waals surface area contributed by atoms with Crippen molar-refractivity contribution in [3.63, 3.8) is 0 Å². The third-order valence-electron chi connectivity index (χ3n) is 3.52. The van der Waals surface area contributed by atoms with Gasteiger partial charge in [0.1, 0.15) is 0 Å². The zero-order valence-electron chi connectivity index (χ0n) is 11.8. The molecule has 0 aliphatic carbocycles. The second kappa shape index (κ2) is 5.29. The van der Waals surface area contributed by atoms with Crippen LogP contribution in [0.25, 0.3) is 10.8 Å². The molecule has 3 aromatic rings. The van der Waals surface area contributed by atoms with E-state index in [1.165, 1.54) is 0 Å². The number of hydrogen-bond donors (Lipinski definition) is 2. The second-order valence-electron chi connectivity index (χ2n) is 5.07. The summed E-state index contributed by atoms with van der Waals surface area (Å²) in [7, 11) is 0. The van der Waals surface area contributed by atoms with E-state index in [0.29, 0.717) is 11.3 Å². The van der Waals surface area contributed by atoms with Crippen LogP contribution in [0, 0.1) is 6.92 Å². The van der Waals surface area contributed by atoms with Crippen LogP contribution in [-0.4, -0.2) is 5.91 Å². The minimum atomic E-state index is -0.192. The minimum absolute atomic E-state index is 0.192. The van der Waals surface area contributed by atoms with E-state index in [4.69, 9.17) is 5.73 Å². The molecule has 3 nitrogen and oxygen atoms in total. The van der Waals surface area contributed by atoms with Crippen molar-refractivity contribution in [3.05, 3.63) is 71.8 Å². The Bertz CT molecular complexity index is 807. The molecule has 0 aliphatic rings. The monoisotopic (exact) mass is 276 g/mol. The van der Waals surface area contributed by atoms with Crippen molar-refractivity contribution in [2.75, 3.05) is 11.1 Å². The molecule has 0 unspecified atom stereocenters. The zero-order chi connectivity index (χ0) is 14.8. The van der Waals surface area contributed by atoms with E-state index in [9.17, 15) is 4.79 Å². The summed E-state index contributed by atoms with van der Waals surface area (Å²) in [5.74, 6) is -0.192. The Morgan fingerprint density at radius 1 is 0.952 bits per heavy atom. The number of nitrogen functional groups attached to an aromatic ring is 1. The van der Waals surface area contributed by atoms with Crippen LogP contribution in [0.4, 0.5) is 11.4 Å². The van der Waals surface area contributed by atoms with Gasteiger partial charge in [-0.3, -0.25) is 4.79 Å². The molecular weight excluding hydrogens is 260 g/mol. The summed E-state index contributed by atoms with van der Waals surface area (Å²) in [6, 6.07) is 19.1. The Hall–Kier alpha value is -2.81. The van der Waals surface area contributed by atoms with Gasteiger partial charge in [0.05, 0.1) is 11.3 Å². The highest BCUT2D eigenvalue weighted by Crippen LogP contribution is 2.25. The molecule has 104 valence electrons. The number of amides is 1. The number of rotatable bonds is 2. The zero-order valence-corrected chi connectivity index (χ0v) is 11.8. The van der Waals surface area contributed by atoms with Gasteiger partial charge in [-0.25, -0.2) is 0 Å². The van der Waals surface area contributed by atoms with Gasteiger partial charge in [-0.2, -0.15) is 0 Å². The first-order chi connectivity index (χ1) is 10.1. The van der Waals surface area contributed by atoms with Crippen LogP contribution < -0.4 is 11.1 Å². The van der Waals surface area contributed by atoms with Crippen molar-refractivity contribution >= 4 is 28.1 Å². The van der Waals surface area contributed by atoms with Gasteiger partial charge in [0.25, 0.3) is 5.91 Å². The largest absolute Gasteiger partial charge is 0.398 e. The molecule has 0 saturated carbocycles. The van der Waals surface area contributed by atoms with Crippen LogP contribution in [0.2, 0.25) is 0 Å². The molecule has 21 heavy (non-hydrogen) atoms. The first-order valence-electron chi connectivity index (χ1n) is 6.80. The average molecular weight is 276 g/mol. The van der Waals surface area contributed by atoms with Gasteiger partial charge in [0, 0.05) is 11.1 Å². The molecule has 0 radical (unpaired) electrons. The highest BCUT2D eigenvalue weighted by Gasteiger charge is 2.12. The number of fused-ring (bicyclic) bond motifs is 1. The van der Waals surface area contributed by atoms with E-state index in [1.807, 2.05) is 61.5 Å². The van der Waals surface area contributed by atoms with E-state index in [0.717, 1.165) is 22.0 Å². The van der Waals surface area contributed by atoms with Gasteiger partial charge in [0.2, 0.25) is 0 Å². The lowest BCUT2D eigenvalue weighted by Crippen LogP contribution is -2.14. The molecule has 3 aromatic carbocycles. The molecule has 1 amide bonds. The molecule has 0 bridgehead atoms. The molecule has 0 aromatic heterocycles. The average Bonchev–Trinajstić information content (AvgIpc) is 2.50. The number of nitrogens with one attached hydrogen (secondary N) is 1. The summed E-state index contributed by atoms with van der Waals surface area (Å²) in [5, 5.41) is 4.80. The smallest absolute Gasteiger partial charge is 0.257 e. The predicted molar refractivity (Wildman–Crippen MR) is 87.5 cm³/mol. The molecule has 0 spiro atoms. The first-order valence-corrected chi connectivity index (χ1v) is 6.80. The lowest BCUT2D eigenvalue weighted by molar-refractivity contribution is 0.102. The van der Waals surface area contributed by atoms with Crippen LogP contribution >= 0.6 is 0 Å². The van der Waals surface area contributed by atoms with Crippen LogP contribution in [0.15, 0.2) is 60.7 Å². The lowest BCUT2D eigenvalue weighted by Gasteiger charge is -2.10. The SMILES string of the molecule is Cc1ccc(NC(=O)c2ccc3ccccc3c2N)cc1. The van der Waals surface area contributed by atoms with Gasteiger partial charge >= 0.3 is 0 Å². The lowest BCUT2D eigenvalue weighted by atomic mass is 10.0. The first kappa shape index (κ1) is 13.2. The molecular formula is C18H16N2O. The molecule has 0 fully saturated rings. The van der Waals surface area contributed by atoms with E-state index in [1.54, 1.807) is 6.07 Å². The van der Waals surface area contributed by atoms with Gasteiger partial charge < -0.3 is 11.1 Å². The minimum Gasteiger partial charge on any atom is -0.398 e. The summed E-state index contributed by atoms with van der Waals surface area (Å²) < 4.78 is 0. The Labute approximate surface area is 123 Å². The van der Waals surface area contributed by atoms with Crippen LogP contribution in [0.3, 0.4) is 0 Å². The van der Waals surface area contributed by atoms with Crippen molar-refractivity contribution in [2.24, 2.45) is 0 Å². The molecule has 3 N–H and O–H groups in total. The van der Waals surface area contributed by atoms with Crippen LogP contribution in [-0.2, 0) is 0 Å². The fourth-order valence-electron chi connectivity index (χ4n) is 2.33. The van der Waals surface area contributed by atoms with Crippen molar-refractivity contribution in [2.45, 2.75) is 6.92 Å². The van der Waals surface area contributed by atoms with Crippen LogP contribution in [0.5, 0.6) is 0 Å². The normalized spacial score (nSPS) is 10.5. The Kier molecular flexibility index (Phi) is 3.32. The van der Waals surface area contributed by atoms with Crippen molar-refractivity contribution < 1.29 is 4.79 Å². The molecule has 0 aliphatic heterocycles. The van der Waals surface area contributed by atoms with Gasteiger partial charge in [-0.05, 0) is 30.5 Å². The summed E-state index contributed by atoms with van der Waals surface area (Å²) in [4.78, 5) is 12.4. The Morgan fingerprint density at radius 3 is 2.43 bits per heavy atom. The molecule has 0 atom stereocenters.